The van der Waals surface area contributed by atoms with Crippen LogP contribution in [0.2, 0.25) is 0 Å². The Morgan fingerprint density at radius 1 is 1.10 bits per heavy atom. The van der Waals surface area contributed by atoms with E-state index < -0.39 is 0 Å². The number of piperidine rings is 1. The van der Waals surface area contributed by atoms with E-state index in [9.17, 15) is 0 Å². The summed E-state index contributed by atoms with van der Waals surface area (Å²) in [5.74, 6) is 0.903. The van der Waals surface area contributed by atoms with Crippen LogP contribution in [0.25, 0.3) is 0 Å². The molecular formula is C17H32N4. The molecule has 2 rings (SSSR count). The van der Waals surface area contributed by atoms with Crippen LogP contribution >= 0.6 is 0 Å². The number of nitriles is 1. The Morgan fingerprint density at radius 2 is 1.76 bits per heavy atom. The number of likely N-dealkylation sites (tertiary alicyclic amines) is 2. The van der Waals surface area contributed by atoms with Crippen LogP contribution in [0.3, 0.4) is 0 Å². The monoisotopic (exact) mass is 292 g/mol. The van der Waals surface area contributed by atoms with Gasteiger partial charge in [-0.25, -0.2) is 0 Å². The first kappa shape index (κ1) is 16.7. The van der Waals surface area contributed by atoms with E-state index in [1.165, 1.54) is 58.4 Å². The third-order valence-corrected chi connectivity index (χ3v) is 4.85. The van der Waals surface area contributed by atoms with Crippen molar-refractivity contribution in [2.24, 2.45) is 5.92 Å². The summed E-state index contributed by atoms with van der Waals surface area (Å²) in [5, 5.41) is 12.5. The molecule has 2 fully saturated rings. The van der Waals surface area contributed by atoms with Gasteiger partial charge in [-0.15, -0.1) is 0 Å². The molecule has 0 bridgehead atoms. The fourth-order valence-corrected chi connectivity index (χ4v) is 3.62. The summed E-state index contributed by atoms with van der Waals surface area (Å²) >= 11 is 0. The molecule has 120 valence electrons. The number of nitrogens with one attached hydrogen (secondary N) is 1. The molecule has 2 aliphatic rings. The topological polar surface area (TPSA) is 42.3 Å². The van der Waals surface area contributed by atoms with E-state index in [4.69, 9.17) is 5.26 Å². The summed E-state index contributed by atoms with van der Waals surface area (Å²) in [6.07, 6.45) is 6.43. The minimum absolute atomic E-state index is 0.00678. The first-order chi connectivity index (χ1) is 10.2. The van der Waals surface area contributed by atoms with Crippen LogP contribution in [0.4, 0.5) is 0 Å². The first-order valence-electron chi connectivity index (χ1n) is 8.77. The Bertz CT molecular complexity index is 322. The van der Waals surface area contributed by atoms with E-state index in [1.54, 1.807) is 0 Å². The summed E-state index contributed by atoms with van der Waals surface area (Å²) in [5.41, 5.74) is 0. The van der Waals surface area contributed by atoms with Crippen molar-refractivity contribution in [3.63, 3.8) is 0 Å². The van der Waals surface area contributed by atoms with Crippen molar-refractivity contribution in [1.82, 2.24) is 15.1 Å². The van der Waals surface area contributed by atoms with Crippen LogP contribution in [0.15, 0.2) is 0 Å². The standard InChI is InChI=1S/C17H32N4/c1-15(2)19-17(13-18)7-12-20-10-5-16(6-11-20)14-21-8-3-4-9-21/h15-17,19H,3-12,14H2,1-2H3. The van der Waals surface area contributed by atoms with Gasteiger partial charge in [0.15, 0.2) is 0 Å². The molecule has 1 N–H and O–H groups in total. The molecule has 2 aliphatic heterocycles. The average Bonchev–Trinajstić information content (AvgIpc) is 2.97. The van der Waals surface area contributed by atoms with Gasteiger partial charge in [0.1, 0.15) is 0 Å². The number of hydrogen-bond donors (Lipinski definition) is 1. The third kappa shape index (κ3) is 5.94. The zero-order valence-electron chi connectivity index (χ0n) is 13.9. The second-order valence-corrected chi connectivity index (χ2v) is 7.08. The Hall–Kier alpha value is -0.630. The SMILES string of the molecule is CC(C)NC(C#N)CCN1CCC(CN2CCCC2)CC1. The van der Waals surface area contributed by atoms with Gasteiger partial charge in [-0.05, 0) is 78.0 Å². The van der Waals surface area contributed by atoms with Crippen LogP contribution in [0.5, 0.6) is 0 Å². The molecule has 0 aromatic heterocycles. The minimum atomic E-state index is 0.00678. The molecule has 0 aromatic carbocycles. The molecule has 1 unspecified atom stereocenters. The highest BCUT2D eigenvalue weighted by atomic mass is 15.2. The smallest absolute Gasteiger partial charge is 0.0967 e. The maximum absolute atomic E-state index is 9.17. The summed E-state index contributed by atoms with van der Waals surface area (Å²) in [7, 11) is 0. The first-order valence-corrected chi connectivity index (χ1v) is 8.77. The molecule has 4 heteroatoms. The summed E-state index contributed by atoms with van der Waals surface area (Å²) in [6.45, 7) is 11.7. The van der Waals surface area contributed by atoms with Crippen molar-refractivity contribution in [3.05, 3.63) is 0 Å². The normalized spacial score (nSPS) is 23.5. The van der Waals surface area contributed by atoms with Gasteiger partial charge in [-0.3, -0.25) is 5.32 Å². The second kappa shape index (κ2) is 8.73. The number of nitrogens with zero attached hydrogens (tertiary/aromatic N) is 3. The van der Waals surface area contributed by atoms with Crippen molar-refractivity contribution in [3.8, 4) is 6.07 Å². The van der Waals surface area contributed by atoms with Crippen molar-refractivity contribution in [2.45, 2.75) is 58.0 Å². The lowest BCUT2D eigenvalue weighted by molar-refractivity contribution is 0.151. The van der Waals surface area contributed by atoms with Gasteiger partial charge < -0.3 is 9.80 Å². The lowest BCUT2D eigenvalue weighted by atomic mass is 9.96. The Kier molecular flexibility index (Phi) is 6.95. The lowest BCUT2D eigenvalue weighted by Crippen LogP contribution is -2.41. The highest BCUT2D eigenvalue weighted by molar-refractivity contribution is 4.91. The molecule has 0 radical (unpaired) electrons. The average molecular weight is 292 g/mol. The molecule has 4 nitrogen and oxygen atoms in total. The molecule has 0 aliphatic carbocycles. The maximum Gasteiger partial charge on any atom is 0.0967 e. The minimum Gasteiger partial charge on any atom is -0.303 e. The second-order valence-electron chi connectivity index (χ2n) is 7.08. The van der Waals surface area contributed by atoms with Crippen molar-refractivity contribution >= 4 is 0 Å². The third-order valence-electron chi connectivity index (χ3n) is 4.85. The van der Waals surface area contributed by atoms with Crippen LogP contribution in [0, 0.1) is 17.2 Å². The lowest BCUT2D eigenvalue weighted by Gasteiger charge is -2.34. The zero-order valence-corrected chi connectivity index (χ0v) is 13.9. The van der Waals surface area contributed by atoms with E-state index in [0.717, 1.165) is 18.9 Å². The summed E-state index contributed by atoms with van der Waals surface area (Å²) in [6, 6.07) is 2.78. The van der Waals surface area contributed by atoms with E-state index in [2.05, 4.69) is 35.0 Å². The quantitative estimate of drug-likeness (QED) is 0.780. The van der Waals surface area contributed by atoms with Crippen molar-refractivity contribution < 1.29 is 0 Å². The summed E-state index contributed by atoms with van der Waals surface area (Å²) in [4.78, 5) is 5.20. The van der Waals surface area contributed by atoms with Gasteiger partial charge in [0.05, 0.1) is 12.1 Å². The molecule has 1 atom stereocenters. The fraction of sp³-hybridized carbons (Fsp3) is 0.941. The predicted molar refractivity (Wildman–Crippen MR) is 87.1 cm³/mol. The molecule has 2 heterocycles. The maximum atomic E-state index is 9.17. The fourth-order valence-electron chi connectivity index (χ4n) is 3.62. The number of rotatable bonds is 7. The molecule has 0 spiro atoms. The zero-order chi connectivity index (χ0) is 15.1. The van der Waals surface area contributed by atoms with E-state index in [-0.39, 0.29) is 6.04 Å². The Morgan fingerprint density at radius 3 is 2.33 bits per heavy atom. The Labute approximate surface area is 130 Å². The molecule has 2 saturated heterocycles. The van der Waals surface area contributed by atoms with Crippen molar-refractivity contribution in [1.29, 1.82) is 5.26 Å². The molecule has 0 saturated carbocycles. The van der Waals surface area contributed by atoms with Gasteiger partial charge in [0, 0.05) is 19.1 Å². The van der Waals surface area contributed by atoms with E-state index >= 15 is 0 Å². The van der Waals surface area contributed by atoms with Crippen LogP contribution in [0.1, 0.15) is 46.0 Å². The van der Waals surface area contributed by atoms with Crippen LogP contribution in [-0.2, 0) is 0 Å². The van der Waals surface area contributed by atoms with Gasteiger partial charge in [0.25, 0.3) is 0 Å². The highest BCUT2D eigenvalue weighted by Gasteiger charge is 2.23. The summed E-state index contributed by atoms with van der Waals surface area (Å²) < 4.78 is 0. The van der Waals surface area contributed by atoms with Gasteiger partial charge in [-0.2, -0.15) is 5.26 Å². The molecule has 0 aromatic rings. The van der Waals surface area contributed by atoms with E-state index in [0.29, 0.717) is 6.04 Å². The molecule has 21 heavy (non-hydrogen) atoms. The van der Waals surface area contributed by atoms with Gasteiger partial charge >= 0.3 is 0 Å². The van der Waals surface area contributed by atoms with Gasteiger partial charge in [-0.1, -0.05) is 0 Å². The van der Waals surface area contributed by atoms with Crippen molar-refractivity contribution in [2.75, 3.05) is 39.3 Å². The highest BCUT2D eigenvalue weighted by Crippen LogP contribution is 2.20. The van der Waals surface area contributed by atoms with Gasteiger partial charge in [0.2, 0.25) is 0 Å². The van der Waals surface area contributed by atoms with Crippen LogP contribution < -0.4 is 5.32 Å². The van der Waals surface area contributed by atoms with Crippen LogP contribution in [-0.4, -0.2) is 61.2 Å². The molecular weight excluding hydrogens is 260 g/mol. The van der Waals surface area contributed by atoms with E-state index in [1.807, 2.05) is 0 Å². The predicted octanol–water partition coefficient (Wildman–Crippen LogP) is 2.07. The Balaban J connectivity index is 1.61. The molecule has 0 amide bonds. The number of hydrogen-bond acceptors (Lipinski definition) is 4. The largest absolute Gasteiger partial charge is 0.303 e.